The van der Waals surface area contributed by atoms with Gasteiger partial charge in [0.25, 0.3) is 5.91 Å². The predicted molar refractivity (Wildman–Crippen MR) is 90.9 cm³/mol. The Balaban J connectivity index is 1.89. The number of hydrogen-bond acceptors (Lipinski definition) is 5. The monoisotopic (exact) mass is 356 g/mol. The summed E-state index contributed by atoms with van der Waals surface area (Å²) in [5, 5.41) is 8.73. The molecule has 0 saturated heterocycles. The molecule has 0 saturated carbocycles. The van der Waals surface area contributed by atoms with Crippen molar-refractivity contribution < 1.29 is 23.5 Å². The lowest BCUT2D eigenvalue weighted by atomic mass is 10.1. The number of nitrogens with zero attached hydrogens (tertiary/aromatic N) is 2. The first-order chi connectivity index (χ1) is 12.4. The first-order valence-electron chi connectivity index (χ1n) is 7.68. The summed E-state index contributed by atoms with van der Waals surface area (Å²) in [6.07, 6.45) is 0. The summed E-state index contributed by atoms with van der Waals surface area (Å²) >= 11 is 0. The molecule has 0 aliphatic rings. The number of amides is 1. The molecule has 0 aromatic heterocycles. The number of carbonyl (C=O) groups excluding carboxylic acids is 2. The molecule has 1 amide bonds. The van der Waals surface area contributed by atoms with E-state index in [0.29, 0.717) is 11.1 Å². The summed E-state index contributed by atoms with van der Waals surface area (Å²) in [7, 11) is 2.90. The van der Waals surface area contributed by atoms with E-state index in [1.807, 2.05) is 6.07 Å². The summed E-state index contributed by atoms with van der Waals surface area (Å²) in [6.45, 7) is -0.276. The molecule has 0 fully saturated rings. The van der Waals surface area contributed by atoms with Crippen molar-refractivity contribution in [1.29, 1.82) is 5.26 Å². The highest BCUT2D eigenvalue weighted by atomic mass is 19.1. The quantitative estimate of drug-likeness (QED) is 0.743. The van der Waals surface area contributed by atoms with E-state index in [4.69, 9.17) is 14.7 Å². The number of halogens is 1. The Morgan fingerprint density at radius 1 is 1.19 bits per heavy atom. The Hall–Kier alpha value is -3.40. The van der Waals surface area contributed by atoms with Crippen molar-refractivity contribution in [2.24, 2.45) is 0 Å². The molecular formula is C19H17FN2O4. The molecule has 0 aliphatic heterocycles. The number of ether oxygens (including phenoxy) is 2. The number of esters is 1. The number of methoxy groups -OCH3 is 1. The van der Waals surface area contributed by atoms with Crippen LogP contribution in [-0.2, 0) is 16.1 Å². The van der Waals surface area contributed by atoms with Crippen molar-refractivity contribution in [3.05, 3.63) is 65.0 Å². The smallest absolute Gasteiger partial charge is 0.338 e. The molecule has 7 heteroatoms. The molecule has 0 N–H and O–H groups in total. The van der Waals surface area contributed by atoms with Crippen molar-refractivity contribution in [3.8, 4) is 11.8 Å². The number of nitriles is 1. The molecular weight excluding hydrogens is 339 g/mol. The Bertz CT molecular complexity index is 844. The van der Waals surface area contributed by atoms with Gasteiger partial charge in [0.15, 0.2) is 18.2 Å². The van der Waals surface area contributed by atoms with Crippen LogP contribution in [0.15, 0.2) is 42.5 Å². The summed E-state index contributed by atoms with van der Waals surface area (Å²) in [6, 6.07) is 12.2. The average Bonchev–Trinajstić information content (AvgIpc) is 2.66. The summed E-state index contributed by atoms with van der Waals surface area (Å²) in [5.41, 5.74) is 1.25. The number of rotatable bonds is 6. The minimum atomic E-state index is -0.660. The van der Waals surface area contributed by atoms with Crippen LogP contribution in [0.2, 0.25) is 0 Å². The van der Waals surface area contributed by atoms with Gasteiger partial charge in [0.2, 0.25) is 0 Å². The normalized spacial score (nSPS) is 9.92. The van der Waals surface area contributed by atoms with Gasteiger partial charge in [-0.05, 0) is 42.0 Å². The molecule has 2 rings (SSSR count). The summed E-state index contributed by atoms with van der Waals surface area (Å²) in [5.74, 6) is -1.48. The molecule has 26 heavy (non-hydrogen) atoms. The zero-order chi connectivity index (χ0) is 19.1. The predicted octanol–water partition coefficient (Wildman–Crippen LogP) is 2.52. The Morgan fingerprint density at radius 2 is 1.88 bits per heavy atom. The molecule has 0 bridgehead atoms. The molecule has 2 aromatic rings. The highest BCUT2D eigenvalue weighted by molar-refractivity contribution is 5.91. The first-order valence-corrected chi connectivity index (χ1v) is 7.68. The maximum atomic E-state index is 13.7. The van der Waals surface area contributed by atoms with E-state index >= 15 is 0 Å². The van der Waals surface area contributed by atoms with Crippen molar-refractivity contribution in [1.82, 2.24) is 4.90 Å². The van der Waals surface area contributed by atoms with Crippen molar-refractivity contribution >= 4 is 11.9 Å². The molecule has 0 unspecified atom stereocenters. The van der Waals surface area contributed by atoms with Gasteiger partial charge >= 0.3 is 5.97 Å². The van der Waals surface area contributed by atoms with Crippen LogP contribution in [-0.4, -0.2) is 37.5 Å². The fraction of sp³-hybridized carbons (Fsp3) is 0.211. The van der Waals surface area contributed by atoms with Crippen LogP contribution in [0.25, 0.3) is 0 Å². The van der Waals surface area contributed by atoms with E-state index < -0.39 is 24.3 Å². The molecule has 2 aromatic carbocycles. The van der Waals surface area contributed by atoms with Crippen molar-refractivity contribution in [2.45, 2.75) is 6.54 Å². The molecule has 0 atom stereocenters. The largest absolute Gasteiger partial charge is 0.494 e. The Labute approximate surface area is 150 Å². The van der Waals surface area contributed by atoms with Gasteiger partial charge in [0, 0.05) is 13.6 Å². The second-order valence-corrected chi connectivity index (χ2v) is 5.48. The van der Waals surface area contributed by atoms with E-state index in [1.165, 1.54) is 55.5 Å². The van der Waals surface area contributed by atoms with E-state index in [0.717, 1.165) is 0 Å². The maximum Gasteiger partial charge on any atom is 0.338 e. The number of hydrogen-bond donors (Lipinski definition) is 0. The Morgan fingerprint density at radius 3 is 2.46 bits per heavy atom. The third-order valence-corrected chi connectivity index (χ3v) is 3.64. The Kier molecular flexibility index (Phi) is 6.28. The van der Waals surface area contributed by atoms with Gasteiger partial charge in [-0.3, -0.25) is 4.79 Å². The van der Waals surface area contributed by atoms with Gasteiger partial charge in [0.05, 0.1) is 24.3 Å². The zero-order valence-electron chi connectivity index (χ0n) is 14.4. The lowest BCUT2D eigenvalue weighted by molar-refractivity contribution is -0.133. The van der Waals surface area contributed by atoms with E-state index in [9.17, 15) is 14.0 Å². The van der Waals surface area contributed by atoms with Crippen LogP contribution >= 0.6 is 0 Å². The van der Waals surface area contributed by atoms with E-state index in [-0.39, 0.29) is 17.9 Å². The van der Waals surface area contributed by atoms with E-state index in [2.05, 4.69) is 0 Å². The zero-order valence-corrected chi connectivity index (χ0v) is 14.4. The second-order valence-electron chi connectivity index (χ2n) is 5.48. The summed E-state index contributed by atoms with van der Waals surface area (Å²) < 4.78 is 23.5. The van der Waals surface area contributed by atoms with Crippen molar-refractivity contribution in [2.75, 3.05) is 20.8 Å². The van der Waals surface area contributed by atoms with E-state index in [1.54, 1.807) is 6.07 Å². The molecule has 0 spiro atoms. The standard InChI is InChI=1S/C19H17FN2O4/c1-22(11-14-5-8-17(25-2)16(20)9-14)18(23)12-26-19(24)15-6-3-13(10-21)4-7-15/h3-9H,11-12H2,1-2H3. The van der Waals surface area contributed by atoms with Gasteiger partial charge in [-0.2, -0.15) is 5.26 Å². The summed E-state index contributed by atoms with van der Waals surface area (Å²) in [4.78, 5) is 25.3. The van der Waals surface area contributed by atoms with Crippen LogP contribution in [0, 0.1) is 17.1 Å². The first kappa shape index (κ1) is 18.9. The molecule has 0 heterocycles. The second kappa shape index (κ2) is 8.62. The number of carbonyl (C=O) groups is 2. The van der Waals surface area contributed by atoms with Crippen LogP contribution in [0.1, 0.15) is 21.5 Å². The minimum absolute atomic E-state index is 0.124. The average molecular weight is 356 g/mol. The SMILES string of the molecule is COc1ccc(CN(C)C(=O)COC(=O)c2ccc(C#N)cc2)cc1F. The van der Waals surface area contributed by atoms with Crippen LogP contribution in [0.4, 0.5) is 4.39 Å². The van der Waals surface area contributed by atoms with Gasteiger partial charge in [0.1, 0.15) is 0 Å². The molecule has 0 aliphatic carbocycles. The molecule has 0 radical (unpaired) electrons. The number of benzene rings is 2. The topological polar surface area (TPSA) is 79.6 Å². The number of likely N-dealkylation sites (N-methyl/N-ethyl adjacent to an activating group) is 1. The van der Waals surface area contributed by atoms with Crippen LogP contribution in [0.5, 0.6) is 5.75 Å². The highest BCUT2D eigenvalue weighted by Crippen LogP contribution is 2.18. The maximum absolute atomic E-state index is 13.7. The van der Waals surface area contributed by atoms with Crippen molar-refractivity contribution in [3.63, 3.8) is 0 Å². The third-order valence-electron chi connectivity index (χ3n) is 3.64. The van der Waals surface area contributed by atoms with Crippen LogP contribution in [0.3, 0.4) is 0 Å². The van der Waals surface area contributed by atoms with Crippen LogP contribution < -0.4 is 4.74 Å². The lowest BCUT2D eigenvalue weighted by Crippen LogP contribution is -2.30. The highest BCUT2D eigenvalue weighted by Gasteiger charge is 2.14. The fourth-order valence-corrected chi connectivity index (χ4v) is 2.17. The lowest BCUT2D eigenvalue weighted by Gasteiger charge is -2.17. The molecule has 6 nitrogen and oxygen atoms in total. The van der Waals surface area contributed by atoms with Gasteiger partial charge in [-0.1, -0.05) is 6.07 Å². The third kappa shape index (κ3) is 4.80. The van der Waals surface area contributed by atoms with Gasteiger partial charge < -0.3 is 14.4 Å². The van der Waals surface area contributed by atoms with Gasteiger partial charge in [-0.15, -0.1) is 0 Å². The minimum Gasteiger partial charge on any atom is -0.494 e. The van der Waals surface area contributed by atoms with Gasteiger partial charge in [-0.25, -0.2) is 9.18 Å². The fourth-order valence-electron chi connectivity index (χ4n) is 2.17. The molecule has 134 valence electrons.